The van der Waals surface area contributed by atoms with Crippen molar-refractivity contribution < 1.29 is 14.3 Å². The number of carbonyl (C=O) groups is 1. The second-order valence-electron chi connectivity index (χ2n) is 5.46. The molecule has 116 valence electrons. The molecule has 1 fully saturated rings. The van der Waals surface area contributed by atoms with Crippen molar-refractivity contribution >= 4 is 6.03 Å². The molecule has 2 amide bonds. The van der Waals surface area contributed by atoms with Crippen LogP contribution < -0.4 is 14.8 Å². The third-order valence-electron chi connectivity index (χ3n) is 3.95. The molecule has 21 heavy (non-hydrogen) atoms. The summed E-state index contributed by atoms with van der Waals surface area (Å²) in [6.45, 7) is 4.32. The van der Waals surface area contributed by atoms with Crippen LogP contribution in [0.15, 0.2) is 24.3 Å². The van der Waals surface area contributed by atoms with E-state index in [0.29, 0.717) is 11.5 Å². The van der Waals surface area contributed by atoms with Gasteiger partial charge in [0.15, 0.2) is 18.2 Å². The van der Waals surface area contributed by atoms with E-state index in [1.807, 2.05) is 29.2 Å². The minimum absolute atomic E-state index is 0.0652. The van der Waals surface area contributed by atoms with Gasteiger partial charge in [-0.25, -0.2) is 4.79 Å². The Bertz CT molecular complexity index is 468. The zero-order chi connectivity index (χ0) is 15.2. The molecule has 5 heteroatoms. The Kier molecular flexibility index (Phi) is 5.31. The summed E-state index contributed by atoms with van der Waals surface area (Å²) in [5.74, 6) is 1.28. The molecule has 2 atom stereocenters. The molecule has 0 bridgehead atoms. The van der Waals surface area contributed by atoms with E-state index < -0.39 is 0 Å². The molecule has 1 aliphatic heterocycles. The second kappa shape index (κ2) is 7.20. The van der Waals surface area contributed by atoms with Crippen LogP contribution in [0.5, 0.6) is 11.5 Å². The molecule has 2 unspecified atom stereocenters. The summed E-state index contributed by atoms with van der Waals surface area (Å²) >= 11 is 0. The first-order chi connectivity index (χ1) is 10.1. The monoisotopic (exact) mass is 292 g/mol. The van der Waals surface area contributed by atoms with E-state index in [-0.39, 0.29) is 24.8 Å². The zero-order valence-corrected chi connectivity index (χ0v) is 13.0. The molecule has 0 aliphatic carbocycles. The molecule has 5 nitrogen and oxygen atoms in total. The molecular weight excluding hydrogens is 268 g/mol. The highest BCUT2D eigenvalue weighted by Gasteiger charge is 2.28. The number of rotatable bonds is 4. The topological polar surface area (TPSA) is 50.8 Å². The van der Waals surface area contributed by atoms with Crippen molar-refractivity contribution in [2.75, 3.05) is 13.8 Å². The molecule has 1 N–H and O–H groups in total. The van der Waals surface area contributed by atoms with Crippen molar-refractivity contribution in [2.45, 2.75) is 45.2 Å². The number of benzene rings is 1. The maximum Gasteiger partial charge on any atom is 0.320 e. The van der Waals surface area contributed by atoms with Crippen LogP contribution in [0.3, 0.4) is 0 Å². The lowest BCUT2D eigenvalue weighted by molar-refractivity contribution is 0.116. The van der Waals surface area contributed by atoms with Gasteiger partial charge in [-0.15, -0.1) is 0 Å². The number of amides is 2. The average Bonchev–Trinajstić information content (AvgIpc) is 2.47. The summed E-state index contributed by atoms with van der Waals surface area (Å²) in [7, 11) is 1.60. The van der Waals surface area contributed by atoms with E-state index in [4.69, 9.17) is 9.47 Å². The molecule has 1 aliphatic rings. The molecule has 0 radical (unpaired) electrons. The summed E-state index contributed by atoms with van der Waals surface area (Å²) in [6, 6.07) is 7.88. The van der Waals surface area contributed by atoms with Crippen LogP contribution in [0.2, 0.25) is 0 Å². The average molecular weight is 292 g/mol. The molecule has 0 saturated carbocycles. The predicted molar refractivity (Wildman–Crippen MR) is 81.6 cm³/mol. The van der Waals surface area contributed by atoms with Crippen molar-refractivity contribution in [3.63, 3.8) is 0 Å². The summed E-state index contributed by atoms with van der Waals surface area (Å²) in [5, 5.41) is 2.82. The largest absolute Gasteiger partial charge is 0.493 e. The van der Waals surface area contributed by atoms with Crippen molar-refractivity contribution in [1.82, 2.24) is 10.2 Å². The highest BCUT2D eigenvalue weighted by molar-refractivity contribution is 5.74. The third-order valence-corrected chi connectivity index (χ3v) is 3.95. The van der Waals surface area contributed by atoms with Crippen LogP contribution in [0.4, 0.5) is 4.79 Å². The van der Waals surface area contributed by atoms with Crippen molar-refractivity contribution in [2.24, 2.45) is 0 Å². The smallest absolute Gasteiger partial charge is 0.320 e. The van der Waals surface area contributed by atoms with Gasteiger partial charge in [0.25, 0.3) is 0 Å². The lowest BCUT2D eigenvalue weighted by Gasteiger charge is -2.38. The number of nitrogens with one attached hydrogen (secondary N) is 1. The van der Waals surface area contributed by atoms with Crippen LogP contribution >= 0.6 is 0 Å². The van der Waals surface area contributed by atoms with Gasteiger partial charge in [-0.05, 0) is 45.2 Å². The highest BCUT2D eigenvalue weighted by atomic mass is 16.5. The number of hydrogen-bond acceptors (Lipinski definition) is 3. The van der Waals surface area contributed by atoms with Gasteiger partial charge in [0.2, 0.25) is 0 Å². The first kappa shape index (κ1) is 15.5. The zero-order valence-electron chi connectivity index (χ0n) is 13.0. The second-order valence-corrected chi connectivity index (χ2v) is 5.46. The predicted octanol–water partition coefficient (Wildman–Crippen LogP) is 3.00. The number of likely N-dealkylation sites (tertiary alicyclic amines) is 1. The van der Waals surface area contributed by atoms with Crippen molar-refractivity contribution in [3.8, 4) is 11.5 Å². The lowest BCUT2D eigenvalue weighted by Crippen LogP contribution is -2.52. The van der Waals surface area contributed by atoms with Gasteiger partial charge in [-0.3, -0.25) is 0 Å². The van der Waals surface area contributed by atoms with Gasteiger partial charge in [-0.1, -0.05) is 12.1 Å². The fraction of sp³-hybridized carbons (Fsp3) is 0.562. The van der Waals surface area contributed by atoms with E-state index in [1.54, 1.807) is 7.11 Å². The molecule has 2 rings (SSSR count). The van der Waals surface area contributed by atoms with Gasteiger partial charge in [0.05, 0.1) is 7.11 Å². The van der Waals surface area contributed by atoms with Crippen LogP contribution in [-0.2, 0) is 0 Å². The SMILES string of the molecule is COc1ccccc1OCNC(=O)N1C(C)CCCC1C. The Morgan fingerprint density at radius 2 is 1.86 bits per heavy atom. The Balaban J connectivity index is 1.86. The number of hydrogen-bond donors (Lipinski definition) is 1. The number of ether oxygens (including phenoxy) is 2. The molecule has 0 spiro atoms. The number of piperidine rings is 1. The van der Waals surface area contributed by atoms with E-state index >= 15 is 0 Å². The maximum absolute atomic E-state index is 12.3. The van der Waals surface area contributed by atoms with Gasteiger partial charge in [-0.2, -0.15) is 0 Å². The Labute approximate surface area is 126 Å². The number of carbonyl (C=O) groups excluding carboxylic acids is 1. The maximum atomic E-state index is 12.3. The van der Waals surface area contributed by atoms with Crippen LogP contribution in [-0.4, -0.2) is 36.9 Å². The van der Waals surface area contributed by atoms with Gasteiger partial charge < -0.3 is 19.7 Å². The first-order valence-corrected chi connectivity index (χ1v) is 7.45. The Hall–Kier alpha value is -1.91. The van der Waals surface area contributed by atoms with Crippen LogP contribution in [0.25, 0.3) is 0 Å². The normalized spacial score (nSPS) is 21.8. The molecule has 1 saturated heterocycles. The van der Waals surface area contributed by atoms with E-state index in [0.717, 1.165) is 12.8 Å². The van der Waals surface area contributed by atoms with E-state index in [9.17, 15) is 4.79 Å². The quantitative estimate of drug-likeness (QED) is 0.868. The Morgan fingerprint density at radius 1 is 1.24 bits per heavy atom. The van der Waals surface area contributed by atoms with E-state index in [1.165, 1.54) is 6.42 Å². The van der Waals surface area contributed by atoms with Gasteiger partial charge in [0.1, 0.15) is 0 Å². The number of nitrogens with zero attached hydrogens (tertiary/aromatic N) is 1. The minimum atomic E-state index is -0.0652. The van der Waals surface area contributed by atoms with Crippen molar-refractivity contribution in [3.05, 3.63) is 24.3 Å². The van der Waals surface area contributed by atoms with Gasteiger partial charge >= 0.3 is 6.03 Å². The summed E-state index contributed by atoms with van der Waals surface area (Å²) < 4.78 is 10.8. The third kappa shape index (κ3) is 3.80. The molecule has 1 heterocycles. The molecule has 1 aromatic rings. The number of methoxy groups -OCH3 is 1. The minimum Gasteiger partial charge on any atom is -0.493 e. The summed E-state index contributed by atoms with van der Waals surface area (Å²) in [6.07, 6.45) is 3.31. The molecular formula is C16H24N2O3. The summed E-state index contributed by atoms with van der Waals surface area (Å²) in [5.41, 5.74) is 0. The highest BCUT2D eigenvalue weighted by Crippen LogP contribution is 2.25. The van der Waals surface area contributed by atoms with Crippen molar-refractivity contribution in [1.29, 1.82) is 0 Å². The standard InChI is InChI=1S/C16H24N2O3/c1-12-7-6-8-13(2)18(12)16(19)17-11-21-15-10-5-4-9-14(15)20-3/h4-5,9-10,12-13H,6-8,11H2,1-3H3,(H,17,19). The molecule has 0 aromatic heterocycles. The fourth-order valence-electron chi connectivity index (χ4n) is 2.83. The van der Waals surface area contributed by atoms with Crippen LogP contribution in [0, 0.1) is 0 Å². The van der Waals surface area contributed by atoms with E-state index in [2.05, 4.69) is 19.2 Å². The molecule has 1 aromatic carbocycles. The fourth-order valence-corrected chi connectivity index (χ4v) is 2.83. The van der Waals surface area contributed by atoms with Gasteiger partial charge in [0, 0.05) is 12.1 Å². The summed E-state index contributed by atoms with van der Waals surface area (Å²) in [4.78, 5) is 14.2. The Morgan fingerprint density at radius 3 is 2.48 bits per heavy atom. The van der Waals surface area contributed by atoms with Crippen LogP contribution in [0.1, 0.15) is 33.1 Å². The number of urea groups is 1. The number of para-hydroxylation sites is 2. The lowest BCUT2D eigenvalue weighted by atomic mass is 9.98. The first-order valence-electron chi connectivity index (χ1n) is 7.45.